The van der Waals surface area contributed by atoms with Crippen LogP contribution < -0.4 is 10.9 Å². The molecule has 0 aliphatic heterocycles. The molecule has 0 aliphatic carbocycles. The number of phenols is 1. The van der Waals surface area contributed by atoms with Gasteiger partial charge in [0.25, 0.3) is 0 Å². The van der Waals surface area contributed by atoms with E-state index in [2.05, 4.69) is 24.1 Å². The molecule has 3 rings (SSSR count). The van der Waals surface area contributed by atoms with Gasteiger partial charge in [-0.2, -0.15) is 0 Å². The number of hydrogen-bond donors (Lipinski definition) is 4. The number of hydrogen-bond acceptors (Lipinski definition) is 4. The number of β-amino-alcohol motifs (C(OH)–C–C–N with tert-alkyl or cyclic N) is 1. The van der Waals surface area contributed by atoms with Crippen LogP contribution in [-0.4, -0.2) is 27.3 Å². The average Bonchev–Trinajstić information content (AvgIpc) is 2.66. The standard InChI is InChI=1S/C22H25ClN2O3.ClH/c1-22(2,12-11-14-5-3-4-6-17(14)23)24-13-19(27)15-7-9-18(26)21-16(15)8-10-20(28)25-21;/h3-10,19,24,26-27H,11-13H2,1-2H3,(H,25,28);1H. The molecule has 0 fully saturated rings. The summed E-state index contributed by atoms with van der Waals surface area (Å²) in [5.74, 6) is -0.0170. The van der Waals surface area contributed by atoms with Crippen LogP contribution in [0.5, 0.6) is 5.75 Å². The fourth-order valence-corrected chi connectivity index (χ4v) is 3.50. The Labute approximate surface area is 181 Å². The molecule has 1 unspecified atom stereocenters. The van der Waals surface area contributed by atoms with Crippen LogP contribution in [-0.2, 0) is 6.42 Å². The maximum absolute atomic E-state index is 11.5. The quantitative estimate of drug-likeness (QED) is 0.443. The number of aromatic hydroxyl groups is 1. The second-order valence-corrected chi connectivity index (χ2v) is 8.06. The molecule has 2 aromatic carbocycles. The smallest absolute Gasteiger partial charge is 0.248 e. The van der Waals surface area contributed by atoms with Crippen LogP contribution in [0, 0.1) is 0 Å². The highest BCUT2D eigenvalue weighted by Gasteiger charge is 2.21. The zero-order valence-corrected chi connectivity index (χ0v) is 18.0. The molecule has 1 heterocycles. The number of aromatic nitrogens is 1. The van der Waals surface area contributed by atoms with Gasteiger partial charge >= 0.3 is 0 Å². The molecule has 29 heavy (non-hydrogen) atoms. The van der Waals surface area contributed by atoms with Crippen LogP contribution in [0.2, 0.25) is 5.02 Å². The van der Waals surface area contributed by atoms with E-state index in [0.717, 1.165) is 23.4 Å². The van der Waals surface area contributed by atoms with Crippen molar-refractivity contribution in [3.8, 4) is 5.75 Å². The van der Waals surface area contributed by atoms with Gasteiger partial charge in [-0.1, -0.05) is 35.9 Å². The van der Waals surface area contributed by atoms with Gasteiger partial charge in [0.1, 0.15) is 5.75 Å². The number of fused-ring (bicyclic) bond motifs is 1. The third-order valence-corrected chi connectivity index (χ3v) is 5.39. The van der Waals surface area contributed by atoms with E-state index < -0.39 is 6.10 Å². The second-order valence-electron chi connectivity index (χ2n) is 7.66. The van der Waals surface area contributed by atoms with Crippen molar-refractivity contribution < 1.29 is 10.2 Å². The SMILES string of the molecule is CC(C)(CCc1ccccc1Cl)NCC(O)c1ccc(O)c2[nH]c(=O)ccc12.Cl. The van der Waals surface area contributed by atoms with Crippen LogP contribution in [0.1, 0.15) is 37.5 Å². The van der Waals surface area contributed by atoms with Gasteiger partial charge in [0.05, 0.1) is 11.6 Å². The highest BCUT2D eigenvalue weighted by atomic mass is 35.5. The minimum absolute atomic E-state index is 0. The van der Waals surface area contributed by atoms with Gasteiger partial charge in [-0.3, -0.25) is 4.79 Å². The van der Waals surface area contributed by atoms with Crippen LogP contribution in [0.25, 0.3) is 10.9 Å². The van der Waals surface area contributed by atoms with Crippen molar-refractivity contribution in [2.24, 2.45) is 0 Å². The summed E-state index contributed by atoms with van der Waals surface area (Å²) in [5.41, 5.74) is 1.59. The lowest BCUT2D eigenvalue weighted by atomic mass is 9.94. The molecule has 0 bridgehead atoms. The van der Waals surface area contributed by atoms with Crippen molar-refractivity contribution in [1.82, 2.24) is 10.3 Å². The van der Waals surface area contributed by atoms with Gasteiger partial charge in [-0.15, -0.1) is 12.4 Å². The Morgan fingerprint density at radius 2 is 1.86 bits per heavy atom. The van der Waals surface area contributed by atoms with E-state index in [1.54, 1.807) is 12.1 Å². The van der Waals surface area contributed by atoms with E-state index in [4.69, 9.17) is 11.6 Å². The first-order valence-electron chi connectivity index (χ1n) is 9.28. The first-order chi connectivity index (χ1) is 13.3. The van der Waals surface area contributed by atoms with Gasteiger partial charge in [-0.05, 0) is 56.0 Å². The molecule has 4 N–H and O–H groups in total. The van der Waals surface area contributed by atoms with E-state index in [9.17, 15) is 15.0 Å². The Bertz CT molecular complexity index is 1030. The fraction of sp³-hybridized carbons (Fsp3) is 0.318. The predicted octanol–water partition coefficient (Wildman–Crippen LogP) is 4.34. The van der Waals surface area contributed by atoms with Crippen LogP contribution in [0.15, 0.2) is 53.3 Å². The molecular weight excluding hydrogens is 411 g/mol. The first-order valence-corrected chi connectivity index (χ1v) is 9.66. The molecule has 0 amide bonds. The monoisotopic (exact) mass is 436 g/mol. The minimum Gasteiger partial charge on any atom is -0.506 e. The summed E-state index contributed by atoms with van der Waals surface area (Å²) < 4.78 is 0. The number of rotatable bonds is 7. The number of phenolic OH excluding ortho intramolecular Hbond substituents is 1. The van der Waals surface area contributed by atoms with Crippen LogP contribution in [0.4, 0.5) is 0 Å². The summed E-state index contributed by atoms with van der Waals surface area (Å²) in [6.45, 7) is 4.51. The highest BCUT2D eigenvalue weighted by Crippen LogP contribution is 2.29. The van der Waals surface area contributed by atoms with Crippen LogP contribution >= 0.6 is 24.0 Å². The van der Waals surface area contributed by atoms with Crippen molar-refractivity contribution in [2.45, 2.75) is 38.3 Å². The summed E-state index contributed by atoms with van der Waals surface area (Å²) in [4.78, 5) is 14.2. The number of aliphatic hydroxyl groups is 1. The van der Waals surface area contributed by atoms with Gasteiger partial charge < -0.3 is 20.5 Å². The van der Waals surface area contributed by atoms with Gasteiger partial charge in [0.15, 0.2) is 0 Å². The third-order valence-electron chi connectivity index (χ3n) is 5.02. The average molecular weight is 437 g/mol. The lowest BCUT2D eigenvalue weighted by Gasteiger charge is -2.28. The molecule has 0 radical (unpaired) electrons. The first kappa shape index (κ1) is 23.2. The van der Waals surface area contributed by atoms with E-state index in [0.29, 0.717) is 23.0 Å². The molecule has 5 nitrogen and oxygen atoms in total. The van der Waals surface area contributed by atoms with E-state index in [1.165, 1.54) is 12.1 Å². The third kappa shape index (κ3) is 5.73. The number of halogens is 2. The van der Waals surface area contributed by atoms with Gasteiger partial charge in [-0.25, -0.2) is 0 Å². The highest BCUT2D eigenvalue weighted by molar-refractivity contribution is 6.31. The maximum Gasteiger partial charge on any atom is 0.248 e. The van der Waals surface area contributed by atoms with Crippen molar-refractivity contribution in [3.63, 3.8) is 0 Å². The Hall–Kier alpha value is -2.05. The second kappa shape index (κ2) is 9.63. The lowest BCUT2D eigenvalue weighted by molar-refractivity contribution is 0.160. The van der Waals surface area contributed by atoms with Crippen molar-refractivity contribution >= 4 is 34.9 Å². The summed E-state index contributed by atoms with van der Waals surface area (Å²) in [7, 11) is 0. The number of nitrogens with one attached hydrogen (secondary N) is 2. The largest absolute Gasteiger partial charge is 0.506 e. The summed E-state index contributed by atoms with van der Waals surface area (Å²) in [6.07, 6.45) is 0.903. The van der Waals surface area contributed by atoms with Crippen molar-refractivity contribution in [3.05, 3.63) is 75.0 Å². The van der Waals surface area contributed by atoms with E-state index in [-0.39, 0.29) is 29.3 Å². The number of aliphatic hydroxyl groups excluding tert-OH is 1. The normalized spacial score (nSPS) is 12.6. The van der Waals surface area contributed by atoms with Crippen LogP contribution in [0.3, 0.4) is 0 Å². The number of H-pyrrole nitrogens is 1. The number of aromatic amines is 1. The zero-order chi connectivity index (χ0) is 20.3. The zero-order valence-electron chi connectivity index (χ0n) is 16.4. The number of aryl methyl sites for hydroxylation is 1. The molecule has 7 heteroatoms. The minimum atomic E-state index is -0.784. The predicted molar refractivity (Wildman–Crippen MR) is 120 cm³/mol. The summed E-state index contributed by atoms with van der Waals surface area (Å²) in [6, 6.07) is 14.0. The Balaban J connectivity index is 0.00000300. The van der Waals surface area contributed by atoms with Crippen molar-refractivity contribution in [2.75, 3.05) is 6.54 Å². The summed E-state index contributed by atoms with van der Waals surface area (Å²) >= 11 is 6.23. The van der Waals surface area contributed by atoms with Crippen molar-refractivity contribution in [1.29, 1.82) is 0 Å². The molecule has 0 spiro atoms. The Morgan fingerprint density at radius 3 is 2.59 bits per heavy atom. The lowest BCUT2D eigenvalue weighted by Crippen LogP contribution is -2.42. The Kier molecular flexibility index (Phi) is 7.72. The molecule has 1 atom stereocenters. The molecule has 1 aromatic heterocycles. The van der Waals surface area contributed by atoms with Gasteiger partial charge in [0.2, 0.25) is 5.56 Å². The molecular formula is C22H26Cl2N2O3. The fourth-order valence-electron chi connectivity index (χ4n) is 3.27. The molecule has 3 aromatic rings. The maximum atomic E-state index is 11.5. The van der Waals surface area contributed by atoms with E-state index >= 15 is 0 Å². The molecule has 156 valence electrons. The molecule has 0 saturated heterocycles. The van der Waals surface area contributed by atoms with E-state index in [1.807, 2.05) is 24.3 Å². The summed E-state index contributed by atoms with van der Waals surface area (Å²) in [5, 5.41) is 25.5. The molecule has 0 aliphatic rings. The van der Waals surface area contributed by atoms with Gasteiger partial charge in [0, 0.05) is 28.6 Å². The topological polar surface area (TPSA) is 85.3 Å². The Morgan fingerprint density at radius 1 is 1.14 bits per heavy atom. The number of benzene rings is 2. The number of pyridine rings is 1. The molecule has 0 saturated carbocycles.